The maximum absolute atomic E-state index is 13.6. The van der Waals surface area contributed by atoms with Crippen LogP contribution in [0.2, 0.25) is 0 Å². The van der Waals surface area contributed by atoms with Crippen molar-refractivity contribution in [2.24, 2.45) is 0 Å². The van der Waals surface area contributed by atoms with Crippen molar-refractivity contribution in [1.29, 1.82) is 0 Å². The molecule has 1 aliphatic carbocycles. The average Bonchev–Trinajstić information content (AvgIpc) is 2.78. The van der Waals surface area contributed by atoms with Crippen LogP contribution in [0.25, 0.3) is 11.1 Å². The Bertz CT molecular complexity index is 801. The molecule has 0 saturated heterocycles. The minimum Gasteiger partial charge on any atom is -0.493 e. The molecule has 0 spiro atoms. The molecule has 24 heavy (non-hydrogen) atoms. The minimum absolute atomic E-state index is 0.0745. The number of carboxylic acid groups (broad SMARTS) is 1. The van der Waals surface area contributed by atoms with Crippen molar-refractivity contribution in [3.63, 3.8) is 0 Å². The molecule has 0 saturated carbocycles. The van der Waals surface area contributed by atoms with Crippen LogP contribution in [0.1, 0.15) is 17.5 Å². The summed E-state index contributed by atoms with van der Waals surface area (Å²) in [4.78, 5) is 10.5. The van der Waals surface area contributed by atoms with E-state index in [0.29, 0.717) is 5.56 Å². The fourth-order valence-electron chi connectivity index (χ4n) is 2.89. The Morgan fingerprint density at radius 3 is 2.42 bits per heavy atom. The molecule has 7 heteroatoms. The van der Waals surface area contributed by atoms with Crippen molar-refractivity contribution in [3.8, 4) is 16.9 Å². The molecule has 126 valence electrons. The number of benzene rings is 2. The number of rotatable bonds is 4. The van der Waals surface area contributed by atoms with Gasteiger partial charge in [0.2, 0.25) is 5.60 Å². The molecule has 0 fully saturated rings. The third-order valence-corrected chi connectivity index (χ3v) is 3.98. The summed E-state index contributed by atoms with van der Waals surface area (Å²) in [6.45, 7) is -0.175. The van der Waals surface area contributed by atoms with Gasteiger partial charge in [0.15, 0.2) is 0 Å². The number of fused-ring (bicyclic) bond motifs is 3. The second-order valence-electron chi connectivity index (χ2n) is 5.45. The van der Waals surface area contributed by atoms with Gasteiger partial charge in [-0.3, -0.25) is 4.79 Å². The molecule has 1 unspecified atom stereocenters. The number of ether oxygens (including phenoxy) is 1. The van der Waals surface area contributed by atoms with E-state index >= 15 is 0 Å². The van der Waals surface area contributed by atoms with Gasteiger partial charge in [0.25, 0.3) is 0 Å². The number of carboxylic acids is 1. The molecule has 0 amide bonds. The van der Waals surface area contributed by atoms with Crippen LogP contribution in [0.5, 0.6) is 5.75 Å². The normalized spacial score (nSPS) is 18.8. The number of aliphatic hydroxyl groups is 1. The second-order valence-corrected chi connectivity index (χ2v) is 5.45. The van der Waals surface area contributed by atoms with Crippen LogP contribution in [0.3, 0.4) is 0 Å². The van der Waals surface area contributed by atoms with Gasteiger partial charge in [-0.1, -0.05) is 30.3 Å². The molecule has 2 aromatic carbocycles. The van der Waals surface area contributed by atoms with Crippen LogP contribution in [-0.2, 0) is 10.4 Å². The van der Waals surface area contributed by atoms with E-state index in [0.717, 1.165) is 6.07 Å². The van der Waals surface area contributed by atoms with Crippen LogP contribution in [0.15, 0.2) is 42.5 Å². The Morgan fingerprint density at radius 2 is 1.75 bits per heavy atom. The highest BCUT2D eigenvalue weighted by molar-refractivity contribution is 5.81. The second kappa shape index (κ2) is 5.52. The van der Waals surface area contributed by atoms with Crippen molar-refractivity contribution < 1.29 is 32.9 Å². The molecular formula is C17H13F3O4. The van der Waals surface area contributed by atoms with Gasteiger partial charge in [0.05, 0.1) is 13.0 Å². The molecule has 0 aliphatic heterocycles. The van der Waals surface area contributed by atoms with Crippen LogP contribution >= 0.6 is 0 Å². The zero-order valence-electron chi connectivity index (χ0n) is 12.3. The van der Waals surface area contributed by atoms with E-state index < -0.39 is 17.7 Å². The van der Waals surface area contributed by atoms with E-state index in [1.807, 2.05) is 0 Å². The molecule has 0 aromatic heterocycles. The highest BCUT2D eigenvalue weighted by atomic mass is 19.4. The summed E-state index contributed by atoms with van der Waals surface area (Å²) in [5.41, 5.74) is -3.08. The van der Waals surface area contributed by atoms with Gasteiger partial charge >= 0.3 is 12.1 Å². The molecule has 0 heterocycles. The number of hydrogen-bond acceptors (Lipinski definition) is 3. The maximum atomic E-state index is 13.6. The molecule has 4 nitrogen and oxygen atoms in total. The van der Waals surface area contributed by atoms with Gasteiger partial charge in [0, 0.05) is 11.1 Å². The zero-order valence-corrected chi connectivity index (χ0v) is 12.3. The monoisotopic (exact) mass is 338 g/mol. The van der Waals surface area contributed by atoms with E-state index in [-0.39, 0.29) is 35.5 Å². The van der Waals surface area contributed by atoms with Gasteiger partial charge in [-0.15, -0.1) is 0 Å². The first-order valence-electron chi connectivity index (χ1n) is 7.13. The Morgan fingerprint density at radius 1 is 1.08 bits per heavy atom. The summed E-state index contributed by atoms with van der Waals surface area (Å²) < 4.78 is 46.1. The SMILES string of the molecule is O=C(O)CCOc1ccc2c(c1)C(O)(C(F)(F)F)c1ccccc1-2. The highest BCUT2D eigenvalue weighted by Crippen LogP contribution is 2.55. The highest BCUT2D eigenvalue weighted by Gasteiger charge is 2.60. The first kappa shape index (κ1) is 16.3. The number of aliphatic carboxylic acids is 1. The average molecular weight is 338 g/mol. The van der Waals surface area contributed by atoms with Crippen LogP contribution in [0, 0.1) is 0 Å². The van der Waals surface area contributed by atoms with Crippen molar-refractivity contribution in [2.75, 3.05) is 6.61 Å². The van der Waals surface area contributed by atoms with Crippen molar-refractivity contribution in [2.45, 2.75) is 18.2 Å². The smallest absolute Gasteiger partial charge is 0.425 e. The molecule has 1 aliphatic rings. The summed E-state index contributed by atoms with van der Waals surface area (Å²) >= 11 is 0. The molecule has 0 radical (unpaired) electrons. The van der Waals surface area contributed by atoms with Gasteiger partial charge in [-0.25, -0.2) is 0 Å². The van der Waals surface area contributed by atoms with E-state index in [9.17, 15) is 23.1 Å². The fraction of sp³-hybridized carbons (Fsp3) is 0.235. The summed E-state index contributed by atoms with van der Waals surface area (Å²) in [5, 5.41) is 19.1. The van der Waals surface area contributed by atoms with Crippen LogP contribution < -0.4 is 4.74 Å². The van der Waals surface area contributed by atoms with E-state index in [2.05, 4.69) is 0 Å². The third kappa shape index (κ3) is 2.41. The number of hydrogen-bond donors (Lipinski definition) is 2. The first-order chi connectivity index (χ1) is 11.2. The van der Waals surface area contributed by atoms with Crippen LogP contribution in [-0.4, -0.2) is 29.0 Å². The van der Waals surface area contributed by atoms with E-state index in [1.165, 1.54) is 30.3 Å². The lowest BCUT2D eigenvalue weighted by Gasteiger charge is -2.28. The van der Waals surface area contributed by atoms with E-state index in [4.69, 9.17) is 9.84 Å². The first-order valence-corrected chi connectivity index (χ1v) is 7.13. The Labute approximate surface area is 135 Å². The Kier molecular flexibility index (Phi) is 3.76. The summed E-state index contributed by atoms with van der Waals surface area (Å²) in [6, 6.07) is 9.81. The number of carbonyl (C=O) groups is 1. The van der Waals surface area contributed by atoms with Gasteiger partial charge in [0.1, 0.15) is 5.75 Å². The van der Waals surface area contributed by atoms with Crippen molar-refractivity contribution in [3.05, 3.63) is 53.6 Å². The largest absolute Gasteiger partial charge is 0.493 e. The quantitative estimate of drug-likeness (QED) is 0.897. The molecule has 2 aromatic rings. The topological polar surface area (TPSA) is 66.8 Å². The fourth-order valence-corrected chi connectivity index (χ4v) is 2.89. The number of alkyl halides is 3. The lowest BCUT2D eigenvalue weighted by molar-refractivity contribution is -0.246. The predicted molar refractivity (Wildman–Crippen MR) is 78.7 cm³/mol. The van der Waals surface area contributed by atoms with Gasteiger partial charge in [-0.05, 0) is 23.3 Å². The Balaban J connectivity index is 2.07. The molecule has 1 atom stereocenters. The molecule has 0 bridgehead atoms. The molecule has 3 rings (SSSR count). The standard InChI is InChI=1S/C17H13F3O4/c18-17(19,20)16(23)13-4-2-1-3-11(13)12-6-5-10(9-14(12)16)24-8-7-15(21)22/h1-6,9,23H,7-8H2,(H,21,22). The lowest BCUT2D eigenvalue weighted by Crippen LogP contribution is -2.41. The lowest BCUT2D eigenvalue weighted by atomic mass is 9.91. The van der Waals surface area contributed by atoms with Crippen molar-refractivity contribution >= 4 is 5.97 Å². The van der Waals surface area contributed by atoms with Crippen LogP contribution in [0.4, 0.5) is 13.2 Å². The minimum atomic E-state index is -4.91. The number of halogens is 3. The third-order valence-electron chi connectivity index (χ3n) is 3.98. The summed E-state index contributed by atoms with van der Waals surface area (Å²) in [5.74, 6) is -0.999. The molecule has 2 N–H and O–H groups in total. The zero-order chi connectivity index (χ0) is 17.5. The van der Waals surface area contributed by atoms with Gasteiger partial charge in [-0.2, -0.15) is 13.2 Å². The summed E-state index contributed by atoms with van der Waals surface area (Å²) in [7, 11) is 0. The Hall–Kier alpha value is -2.54. The van der Waals surface area contributed by atoms with Crippen molar-refractivity contribution in [1.82, 2.24) is 0 Å². The van der Waals surface area contributed by atoms with E-state index in [1.54, 1.807) is 6.07 Å². The molecular weight excluding hydrogens is 325 g/mol. The maximum Gasteiger partial charge on any atom is 0.425 e. The summed E-state index contributed by atoms with van der Waals surface area (Å²) in [6.07, 6.45) is -5.19. The van der Waals surface area contributed by atoms with Gasteiger partial charge < -0.3 is 14.9 Å². The predicted octanol–water partition coefficient (Wildman–Crippen LogP) is 3.32.